The van der Waals surface area contributed by atoms with E-state index in [1.165, 1.54) is 6.07 Å². The smallest absolute Gasteiger partial charge is 0.451 e. The topological polar surface area (TPSA) is 56.3 Å². The number of hydrogen-bond acceptors (Lipinski definition) is 5. The molecule has 1 atom stereocenters. The van der Waals surface area contributed by atoms with E-state index < -0.39 is 12.0 Å². The van der Waals surface area contributed by atoms with E-state index in [0.29, 0.717) is 26.4 Å². The summed E-state index contributed by atoms with van der Waals surface area (Å²) in [7, 11) is 0. The average Bonchev–Trinajstić information content (AvgIpc) is 2.88. The minimum absolute atomic E-state index is 0.0739. The number of ether oxygens (including phenoxy) is 2. The highest BCUT2D eigenvalue weighted by Crippen LogP contribution is 2.29. The number of nitrogens with one attached hydrogen (secondary N) is 1. The van der Waals surface area contributed by atoms with Gasteiger partial charge < -0.3 is 14.8 Å². The zero-order valence-corrected chi connectivity index (χ0v) is 11.0. The van der Waals surface area contributed by atoms with Gasteiger partial charge >= 0.3 is 6.18 Å². The van der Waals surface area contributed by atoms with Crippen molar-refractivity contribution in [3.05, 3.63) is 11.9 Å². The van der Waals surface area contributed by atoms with E-state index in [-0.39, 0.29) is 17.6 Å². The van der Waals surface area contributed by atoms with E-state index in [1.54, 1.807) is 6.92 Å². The molecular weight excluding hydrogens is 275 g/mol. The van der Waals surface area contributed by atoms with Crippen LogP contribution in [0, 0.1) is 5.92 Å². The lowest BCUT2D eigenvalue weighted by Gasteiger charge is -2.13. The van der Waals surface area contributed by atoms with Crippen LogP contribution in [0.4, 0.5) is 19.0 Å². The first kappa shape index (κ1) is 14.8. The SMILES string of the molecule is CCNc1cc(OCC2CCOC2)nc(C(F)(F)F)n1. The Hall–Kier alpha value is -1.57. The predicted octanol–water partition coefficient (Wildman–Crippen LogP) is 2.34. The maximum atomic E-state index is 12.7. The van der Waals surface area contributed by atoms with Crippen molar-refractivity contribution in [2.75, 3.05) is 31.7 Å². The normalized spacial score (nSPS) is 19.1. The van der Waals surface area contributed by atoms with Crippen molar-refractivity contribution in [2.24, 2.45) is 5.92 Å². The summed E-state index contributed by atoms with van der Waals surface area (Å²) in [6, 6.07) is 1.37. The molecule has 1 fully saturated rings. The second kappa shape index (κ2) is 6.25. The van der Waals surface area contributed by atoms with Crippen LogP contribution in [-0.2, 0) is 10.9 Å². The number of alkyl halides is 3. The van der Waals surface area contributed by atoms with Crippen molar-refractivity contribution < 1.29 is 22.6 Å². The Bertz CT molecular complexity index is 448. The fourth-order valence-corrected chi connectivity index (χ4v) is 1.82. The van der Waals surface area contributed by atoms with Crippen LogP contribution in [0.1, 0.15) is 19.2 Å². The third-order valence-electron chi connectivity index (χ3n) is 2.80. The highest BCUT2D eigenvalue weighted by molar-refractivity contribution is 5.38. The Morgan fingerprint density at radius 3 is 2.85 bits per heavy atom. The molecule has 5 nitrogen and oxygen atoms in total. The molecule has 1 aliphatic rings. The Morgan fingerprint density at radius 2 is 2.25 bits per heavy atom. The van der Waals surface area contributed by atoms with Gasteiger partial charge in [0.05, 0.1) is 13.2 Å². The number of rotatable bonds is 5. The number of aromatic nitrogens is 2. The molecule has 1 N–H and O–H groups in total. The fourth-order valence-electron chi connectivity index (χ4n) is 1.82. The first-order chi connectivity index (χ1) is 9.49. The molecule has 2 rings (SSSR count). The van der Waals surface area contributed by atoms with Gasteiger partial charge in [-0.3, -0.25) is 0 Å². The molecule has 0 aromatic carbocycles. The molecule has 0 bridgehead atoms. The van der Waals surface area contributed by atoms with Gasteiger partial charge in [0.2, 0.25) is 11.7 Å². The van der Waals surface area contributed by atoms with Crippen molar-refractivity contribution >= 4 is 5.82 Å². The Morgan fingerprint density at radius 1 is 1.45 bits per heavy atom. The number of anilines is 1. The Kier molecular flexibility index (Phi) is 4.64. The molecule has 1 aliphatic heterocycles. The van der Waals surface area contributed by atoms with Gasteiger partial charge in [-0.25, -0.2) is 4.98 Å². The van der Waals surface area contributed by atoms with E-state index in [9.17, 15) is 13.2 Å². The van der Waals surface area contributed by atoms with Crippen LogP contribution in [0.2, 0.25) is 0 Å². The predicted molar refractivity (Wildman–Crippen MR) is 65.6 cm³/mol. The highest BCUT2D eigenvalue weighted by atomic mass is 19.4. The molecule has 112 valence electrons. The largest absolute Gasteiger partial charge is 0.477 e. The van der Waals surface area contributed by atoms with Crippen LogP contribution in [0.5, 0.6) is 5.88 Å². The lowest BCUT2D eigenvalue weighted by molar-refractivity contribution is -0.145. The molecule has 0 aliphatic carbocycles. The van der Waals surface area contributed by atoms with Crippen molar-refractivity contribution in [3.63, 3.8) is 0 Å². The van der Waals surface area contributed by atoms with E-state index in [2.05, 4.69) is 15.3 Å². The zero-order chi connectivity index (χ0) is 14.6. The van der Waals surface area contributed by atoms with Gasteiger partial charge in [-0.1, -0.05) is 0 Å². The molecule has 0 saturated carbocycles. The van der Waals surface area contributed by atoms with Gasteiger partial charge in [-0.15, -0.1) is 0 Å². The fraction of sp³-hybridized carbons (Fsp3) is 0.667. The van der Waals surface area contributed by atoms with Gasteiger partial charge in [0, 0.05) is 25.1 Å². The lowest BCUT2D eigenvalue weighted by atomic mass is 10.1. The second-order valence-corrected chi connectivity index (χ2v) is 4.48. The van der Waals surface area contributed by atoms with E-state index in [4.69, 9.17) is 9.47 Å². The second-order valence-electron chi connectivity index (χ2n) is 4.48. The van der Waals surface area contributed by atoms with Crippen molar-refractivity contribution in [3.8, 4) is 5.88 Å². The van der Waals surface area contributed by atoms with E-state index in [0.717, 1.165) is 6.42 Å². The van der Waals surface area contributed by atoms with Crippen molar-refractivity contribution in [2.45, 2.75) is 19.5 Å². The number of hydrogen-bond donors (Lipinski definition) is 1. The molecular formula is C12H16F3N3O2. The molecule has 0 amide bonds. The molecule has 0 spiro atoms. The minimum Gasteiger partial charge on any atom is -0.477 e. The molecule has 1 saturated heterocycles. The highest BCUT2D eigenvalue weighted by Gasteiger charge is 2.35. The van der Waals surface area contributed by atoms with Crippen molar-refractivity contribution in [1.82, 2.24) is 9.97 Å². The first-order valence-corrected chi connectivity index (χ1v) is 6.39. The van der Waals surface area contributed by atoms with Gasteiger partial charge in [-0.2, -0.15) is 18.2 Å². The summed E-state index contributed by atoms with van der Waals surface area (Å²) in [5.41, 5.74) is 0. The van der Waals surface area contributed by atoms with Crippen LogP contribution in [-0.4, -0.2) is 36.3 Å². The van der Waals surface area contributed by atoms with Crippen LogP contribution < -0.4 is 10.1 Å². The monoisotopic (exact) mass is 291 g/mol. The molecule has 2 heterocycles. The molecule has 0 radical (unpaired) electrons. The standard InChI is InChI=1S/C12H16F3N3O2/c1-2-16-9-5-10(18-11(17-9)12(13,14)15)20-7-8-3-4-19-6-8/h5,8H,2-4,6-7H2,1H3,(H,16,17,18). The summed E-state index contributed by atoms with van der Waals surface area (Å²) in [5, 5.41) is 2.73. The van der Waals surface area contributed by atoms with Crippen LogP contribution >= 0.6 is 0 Å². The molecule has 1 unspecified atom stereocenters. The van der Waals surface area contributed by atoms with Crippen LogP contribution in [0.15, 0.2) is 6.07 Å². The van der Waals surface area contributed by atoms with Gasteiger partial charge in [-0.05, 0) is 13.3 Å². The summed E-state index contributed by atoms with van der Waals surface area (Å²) in [6.07, 6.45) is -3.75. The van der Waals surface area contributed by atoms with Gasteiger partial charge in [0.15, 0.2) is 0 Å². The van der Waals surface area contributed by atoms with Crippen molar-refractivity contribution in [1.29, 1.82) is 0 Å². The summed E-state index contributed by atoms with van der Waals surface area (Å²) in [4.78, 5) is 6.83. The lowest BCUT2D eigenvalue weighted by Crippen LogP contribution is -2.16. The summed E-state index contributed by atoms with van der Waals surface area (Å²) >= 11 is 0. The Balaban J connectivity index is 2.11. The molecule has 1 aromatic rings. The summed E-state index contributed by atoms with van der Waals surface area (Å²) in [6.45, 7) is 3.75. The minimum atomic E-state index is -4.60. The quantitative estimate of drug-likeness (QED) is 0.902. The first-order valence-electron chi connectivity index (χ1n) is 6.39. The maximum absolute atomic E-state index is 12.7. The zero-order valence-electron chi connectivity index (χ0n) is 11.0. The summed E-state index contributed by atoms with van der Waals surface area (Å²) in [5.74, 6) is -0.974. The van der Waals surface area contributed by atoms with E-state index >= 15 is 0 Å². The van der Waals surface area contributed by atoms with Crippen LogP contribution in [0.25, 0.3) is 0 Å². The van der Waals surface area contributed by atoms with Gasteiger partial charge in [0.1, 0.15) is 5.82 Å². The van der Waals surface area contributed by atoms with Gasteiger partial charge in [0.25, 0.3) is 0 Å². The third kappa shape index (κ3) is 3.96. The maximum Gasteiger partial charge on any atom is 0.451 e. The van der Waals surface area contributed by atoms with E-state index in [1.807, 2.05) is 0 Å². The molecule has 8 heteroatoms. The Labute approximate surface area is 114 Å². The molecule has 20 heavy (non-hydrogen) atoms. The van der Waals surface area contributed by atoms with Crippen LogP contribution in [0.3, 0.4) is 0 Å². The molecule has 1 aromatic heterocycles. The summed E-state index contributed by atoms with van der Waals surface area (Å²) < 4.78 is 48.6. The third-order valence-corrected chi connectivity index (χ3v) is 2.80. The number of nitrogens with zero attached hydrogens (tertiary/aromatic N) is 2. The number of halogens is 3. The average molecular weight is 291 g/mol.